The molecule has 0 radical (unpaired) electrons. The summed E-state index contributed by atoms with van der Waals surface area (Å²) in [5.41, 5.74) is -2.07. The van der Waals surface area contributed by atoms with Crippen LogP contribution in [0.5, 0.6) is 5.75 Å². The Morgan fingerprint density at radius 3 is 1.97 bits per heavy atom. The van der Waals surface area contributed by atoms with Gasteiger partial charge < -0.3 is 14.8 Å². The Morgan fingerprint density at radius 2 is 1.39 bits per heavy atom. The summed E-state index contributed by atoms with van der Waals surface area (Å²) in [4.78, 5) is 24.9. The van der Waals surface area contributed by atoms with Crippen LogP contribution in [0, 0.1) is 0 Å². The van der Waals surface area contributed by atoms with Crippen molar-refractivity contribution in [3.8, 4) is 5.75 Å². The molecule has 3 aromatic carbocycles. The maximum absolute atomic E-state index is 13.1. The highest BCUT2D eigenvalue weighted by Crippen LogP contribution is 2.36. The quantitative estimate of drug-likeness (QED) is 0.278. The molecule has 1 N–H and O–H groups in total. The van der Waals surface area contributed by atoms with Gasteiger partial charge in [0.1, 0.15) is 18.4 Å². The van der Waals surface area contributed by atoms with E-state index < -0.39 is 53.4 Å². The van der Waals surface area contributed by atoms with E-state index in [4.69, 9.17) is 9.47 Å². The number of hydrogen-bond donors (Lipinski definition) is 1. The van der Waals surface area contributed by atoms with Gasteiger partial charge >= 0.3 is 18.3 Å². The molecule has 0 heterocycles. The Morgan fingerprint density at radius 1 is 0.789 bits per heavy atom. The second kappa shape index (κ2) is 12.0. The normalized spacial score (nSPS) is 12.5. The molecule has 38 heavy (non-hydrogen) atoms. The zero-order valence-electron chi connectivity index (χ0n) is 20.0. The predicted octanol–water partition coefficient (Wildman–Crippen LogP) is 5.75. The minimum absolute atomic E-state index is 0.0223. The summed E-state index contributed by atoms with van der Waals surface area (Å²) in [6, 6.07) is 15.7. The van der Waals surface area contributed by atoms with E-state index >= 15 is 0 Å². The van der Waals surface area contributed by atoms with Crippen molar-refractivity contribution in [3.05, 3.63) is 101 Å². The minimum Gasteiger partial charge on any atom is -0.489 e. The van der Waals surface area contributed by atoms with Gasteiger partial charge in [-0.1, -0.05) is 42.5 Å². The van der Waals surface area contributed by atoms with Crippen molar-refractivity contribution in [1.82, 2.24) is 5.32 Å². The number of carbonyl (C=O) groups excluding carboxylic acids is 2. The van der Waals surface area contributed by atoms with Crippen molar-refractivity contribution in [1.29, 1.82) is 0 Å². The average molecular weight is 539 g/mol. The van der Waals surface area contributed by atoms with Crippen molar-refractivity contribution in [2.75, 3.05) is 7.11 Å². The molecule has 0 fully saturated rings. The molecule has 11 heteroatoms. The zero-order chi connectivity index (χ0) is 27.9. The third kappa shape index (κ3) is 8.25. The minimum atomic E-state index is -5.05. The maximum atomic E-state index is 13.1. The van der Waals surface area contributed by atoms with Gasteiger partial charge in [0.15, 0.2) is 0 Å². The van der Waals surface area contributed by atoms with Gasteiger partial charge in [-0.25, -0.2) is 4.79 Å². The molecule has 0 bridgehead atoms. The lowest BCUT2D eigenvalue weighted by Crippen LogP contribution is -2.43. The summed E-state index contributed by atoms with van der Waals surface area (Å²) < 4.78 is 89.2. The van der Waals surface area contributed by atoms with Gasteiger partial charge in [0.25, 0.3) is 0 Å². The smallest absolute Gasteiger partial charge is 0.416 e. The number of rotatable bonds is 9. The van der Waals surface area contributed by atoms with Crippen molar-refractivity contribution >= 4 is 11.9 Å². The first kappa shape index (κ1) is 28.5. The van der Waals surface area contributed by atoms with Gasteiger partial charge in [0.05, 0.1) is 24.7 Å². The molecule has 3 rings (SSSR count). The summed E-state index contributed by atoms with van der Waals surface area (Å²) in [5.74, 6) is -1.30. The van der Waals surface area contributed by atoms with Gasteiger partial charge in [0.2, 0.25) is 5.91 Å². The van der Waals surface area contributed by atoms with Crippen molar-refractivity contribution < 1.29 is 45.4 Å². The fraction of sp³-hybridized carbons (Fsp3) is 0.259. The Hall–Kier alpha value is -4.02. The molecule has 0 aliphatic carbocycles. The first-order chi connectivity index (χ1) is 17.8. The average Bonchev–Trinajstić information content (AvgIpc) is 2.86. The number of hydrogen-bond acceptors (Lipinski definition) is 4. The van der Waals surface area contributed by atoms with Crippen LogP contribution in [0.4, 0.5) is 26.3 Å². The molecule has 0 unspecified atom stereocenters. The van der Waals surface area contributed by atoms with Gasteiger partial charge in [-0.2, -0.15) is 26.3 Å². The lowest BCUT2D eigenvalue weighted by molar-refractivity contribution is -0.145. The second-order valence-electron chi connectivity index (χ2n) is 8.36. The largest absolute Gasteiger partial charge is 0.489 e. The van der Waals surface area contributed by atoms with Crippen molar-refractivity contribution in [3.63, 3.8) is 0 Å². The van der Waals surface area contributed by atoms with Gasteiger partial charge in [-0.3, -0.25) is 4.79 Å². The van der Waals surface area contributed by atoms with Gasteiger partial charge in [-0.05, 0) is 47.0 Å². The number of carbonyl (C=O) groups is 2. The standard InChI is InChI=1S/C27H23F6NO4/c1-37-25(36)23(13-18-8-5-9-22(12-18)38-16-17-6-3-2-4-7-17)34-24(35)14-19-10-20(26(28,29)30)15-21(11-19)27(31,32)33/h2-12,15,23H,13-14,16H2,1H3,(H,34,35)/t23-/m1/s1. The third-order valence-electron chi connectivity index (χ3n) is 5.42. The molecule has 3 aromatic rings. The molecule has 0 aliphatic rings. The summed E-state index contributed by atoms with van der Waals surface area (Å²) in [5, 5.41) is 2.34. The van der Waals surface area contributed by atoms with E-state index in [0.717, 1.165) is 12.7 Å². The topological polar surface area (TPSA) is 64.6 Å². The Labute approximate surface area is 214 Å². The maximum Gasteiger partial charge on any atom is 0.416 e. The number of methoxy groups -OCH3 is 1. The molecule has 1 atom stereocenters. The summed E-state index contributed by atoms with van der Waals surface area (Å²) >= 11 is 0. The number of halogens is 6. The fourth-order valence-corrected chi connectivity index (χ4v) is 3.63. The summed E-state index contributed by atoms with van der Waals surface area (Å²) in [7, 11) is 1.09. The first-order valence-corrected chi connectivity index (χ1v) is 11.3. The second-order valence-corrected chi connectivity index (χ2v) is 8.36. The molecular weight excluding hydrogens is 516 g/mol. The number of esters is 1. The highest BCUT2D eigenvalue weighted by molar-refractivity contribution is 5.86. The number of amides is 1. The SMILES string of the molecule is COC(=O)[C@@H](Cc1cccc(OCc2ccccc2)c1)NC(=O)Cc1cc(C(F)(F)F)cc(C(F)(F)F)c1. The van der Waals surface area contributed by atoms with E-state index in [1.807, 2.05) is 30.3 Å². The molecule has 5 nitrogen and oxygen atoms in total. The van der Waals surface area contributed by atoms with E-state index in [-0.39, 0.29) is 12.5 Å². The molecule has 0 aromatic heterocycles. The van der Waals surface area contributed by atoms with Crippen LogP contribution in [0.2, 0.25) is 0 Å². The lowest BCUT2D eigenvalue weighted by atomic mass is 10.0. The van der Waals surface area contributed by atoms with E-state index in [2.05, 4.69) is 5.32 Å². The molecule has 202 valence electrons. The monoisotopic (exact) mass is 539 g/mol. The third-order valence-corrected chi connectivity index (χ3v) is 5.42. The molecule has 0 aliphatic heterocycles. The van der Waals surface area contributed by atoms with Crippen LogP contribution in [0.3, 0.4) is 0 Å². The molecular formula is C27H23F6NO4. The predicted molar refractivity (Wildman–Crippen MR) is 125 cm³/mol. The van der Waals surface area contributed by atoms with Crippen LogP contribution in [-0.2, 0) is 46.1 Å². The molecule has 1 amide bonds. The number of nitrogens with one attached hydrogen (secondary N) is 1. The molecule has 0 saturated heterocycles. The first-order valence-electron chi connectivity index (χ1n) is 11.3. The molecule has 0 spiro atoms. The van der Waals surface area contributed by atoms with Crippen molar-refractivity contribution in [2.24, 2.45) is 0 Å². The Kier molecular flexibility index (Phi) is 9.03. The number of ether oxygens (including phenoxy) is 2. The summed E-state index contributed by atoms with van der Waals surface area (Å²) in [6.07, 6.45) is -11.0. The van der Waals surface area contributed by atoms with Crippen LogP contribution in [0.15, 0.2) is 72.8 Å². The lowest BCUT2D eigenvalue weighted by Gasteiger charge is -2.18. The Bertz CT molecular complexity index is 1230. The number of alkyl halides is 6. The van der Waals surface area contributed by atoms with Crippen LogP contribution >= 0.6 is 0 Å². The van der Waals surface area contributed by atoms with Crippen LogP contribution in [0.1, 0.15) is 27.8 Å². The van der Waals surface area contributed by atoms with E-state index in [9.17, 15) is 35.9 Å². The van der Waals surface area contributed by atoms with Gasteiger partial charge in [0, 0.05) is 6.42 Å². The highest BCUT2D eigenvalue weighted by atomic mass is 19.4. The van der Waals surface area contributed by atoms with E-state index in [1.54, 1.807) is 24.3 Å². The van der Waals surface area contributed by atoms with Crippen LogP contribution in [-0.4, -0.2) is 25.0 Å². The van der Waals surface area contributed by atoms with Crippen LogP contribution < -0.4 is 10.1 Å². The Balaban J connectivity index is 1.73. The summed E-state index contributed by atoms with van der Waals surface area (Å²) in [6.45, 7) is 0.290. The molecule has 0 saturated carbocycles. The van der Waals surface area contributed by atoms with E-state index in [0.29, 0.717) is 30.1 Å². The zero-order valence-corrected chi connectivity index (χ0v) is 20.0. The van der Waals surface area contributed by atoms with Gasteiger partial charge in [-0.15, -0.1) is 0 Å². The van der Waals surface area contributed by atoms with Crippen LogP contribution in [0.25, 0.3) is 0 Å². The highest BCUT2D eigenvalue weighted by Gasteiger charge is 2.37. The number of benzene rings is 3. The van der Waals surface area contributed by atoms with Crippen molar-refractivity contribution in [2.45, 2.75) is 37.8 Å². The fourth-order valence-electron chi connectivity index (χ4n) is 3.63. The van der Waals surface area contributed by atoms with E-state index in [1.165, 1.54) is 0 Å².